The number of fused-ring (bicyclic) bond motifs is 10. The summed E-state index contributed by atoms with van der Waals surface area (Å²) in [7, 11) is -2.17. The van der Waals surface area contributed by atoms with Crippen LogP contribution in [0.15, 0.2) is 90.5 Å². The molecule has 4 nitrogen and oxygen atoms in total. The molecular weight excluding hydrogens is 678 g/mol. The fourth-order valence-corrected chi connectivity index (χ4v) is 12.9. The quantitative estimate of drug-likeness (QED) is 0.115. The highest BCUT2D eigenvalue weighted by molar-refractivity contribution is 7.64. The molecule has 0 atom stereocenters. The molecule has 9 rings (SSSR count). The van der Waals surface area contributed by atoms with Gasteiger partial charge in [0.05, 0.1) is 10.2 Å². The van der Waals surface area contributed by atoms with Crippen molar-refractivity contribution in [1.82, 2.24) is 0 Å². The lowest BCUT2D eigenvalue weighted by Gasteiger charge is -2.23. The third kappa shape index (κ3) is 5.01. The highest BCUT2D eigenvalue weighted by Crippen LogP contribution is 2.59. The van der Waals surface area contributed by atoms with E-state index in [9.17, 15) is 0 Å². The zero-order chi connectivity index (χ0) is 36.9. The lowest BCUT2D eigenvalue weighted by Crippen LogP contribution is -2.10. The molecule has 0 amide bonds. The van der Waals surface area contributed by atoms with Crippen molar-refractivity contribution >= 4 is 90.1 Å². The van der Waals surface area contributed by atoms with Crippen molar-refractivity contribution in [3.05, 3.63) is 95.1 Å². The Morgan fingerprint density at radius 3 is 0.731 bits per heavy atom. The van der Waals surface area contributed by atoms with Gasteiger partial charge in [0, 0.05) is 20.5 Å². The predicted octanol–water partition coefficient (Wildman–Crippen LogP) is 16.2. The first-order chi connectivity index (χ1) is 24.3. The second kappa shape index (κ2) is 10.7. The van der Waals surface area contributed by atoms with E-state index >= 15 is 0 Å². The van der Waals surface area contributed by atoms with Crippen LogP contribution in [0.1, 0.15) is 105 Å². The lowest BCUT2D eigenvalue weighted by molar-refractivity contribution is 0.587. The molecule has 0 aliphatic heterocycles. The maximum absolute atomic E-state index is 7.10. The monoisotopic (exact) mass is 726 g/mol. The summed E-state index contributed by atoms with van der Waals surface area (Å²) in [4.78, 5) is 0. The van der Waals surface area contributed by atoms with Gasteiger partial charge >= 0.3 is 0 Å². The number of benzene rings is 5. The standard InChI is InChI=1S/C46H48O4P2/c1-43(2,3)25-13-17-29-33(21-25)51-34-22-26(44(4,5)6)14-18-30(34)48-38-40-42-39(37(47-29)41(38)51)49-31-19-15-27(45(7,8)9)23-35(31)52(42)36-24-28(46(10,11)12)16-20-32(36)50-40/h13-24H,1-12H3. The molecule has 4 aromatic heterocycles. The summed E-state index contributed by atoms with van der Waals surface area (Å²) >= 11 is 0. The first kappa shape index (κ1) is 33.7. The highest BCUT2D eigenvalue weighted by atomic mass is 31.1. The Hall–Kier alpha value is -4.10. The third-order valence-electron chi connectivity index (χ3n) is 10.8. The van der Waals surface area contributed by atoms with Gasteiger partial charge in [-0.1, -0.05) is 122 Å². The first-order valence-electron chi connectivity index (χ1n) is 18.4. The topological polar surface area (TPSA) is 52.6 Å². The maximum Gasteiger partial charge on any atom is 0.186 e. The van der Waals surface area contributed by atoms with Crippen LogP contribution in [0.2, 0.25) is 0 Å². The molecule has 0 unspecified atom stereocenters. The molecule has 6 heteroatoms. The van der Waals surface area contributed by atoms with E-state index in [0.29, 0.717) is 0 Å². The summed E-state index contributed by atoms with van der Waals surface area (Å²) < 4.78 is 28.4. The zero-order valence-corrected chi connectivity index (χ0v) is 34.2. The van der Waals surface area contributed by atoms with Crippen molar-refractivity contribution in [3.63, 3.8) is 0 Å². The highest BCUT2D eigenvalue weighted by Gasteiger charge is 2.29. The van der Waals surface area contributed by atoms with Crippen molar-refractivity contribution in [1.29, 1.82) is 0 Å². The van der Waals surface area contributed by atoms with E-state index in [-0.39, 0.29) is 21.7 Å². The van der Waals surface area contributed by atoms with Crippen molar-refractivity contribution in [2.45, 2.75) is 105 Å². The van der Waals surface area contributed by atoms with Crippen LogP contribution in [0.3, 0.4) is 0 Å². The van der Waals surface area contributed by atoms with Crippen LogP contribution in [0.25, 0.3) is 75.4 Å². The van der Waals surface area contributed by atoms with Gasteiger partial charge in [-0.3, -0.25) is 0 Å². The van der Waals surface area contributed by atoms with E-state index in [2.05, 4.69) is 156 Å². The van der Waals surface area contributed by atoms with Gasteiger partial charge in [0.25, 0.3) is 0 Å². The zero-order valence-electron chi connectivity index (χ0n) is 32.5. The van der Waals surface area contributed by atoms with Crippen molar-refractivity contribution < 1.29 is 17.7 Å². The minimum absolute atomic E-state index is 0.0228. The van der Waals surface area contributed by atoms with Gasteiger partial charge in [-0.2, -0.15) is 0 Å². The SMILES string of the molecule is CC(C)(C)c1ccc2oc3c4oc5ccc(C(C)(C)C)cc5p5c6cc(C(C)(C)C)ccc6oc(c6oc7ccc(C(C)(C)C)cc7p(c2c1)c36)c45. The van der Waals surface area contributed by atoms with E-state index in [0.717, 1.165) is 54.9 Å². The molecule has 0 aliphatic carbocycles. The smallest absolute Gasteiger partial charge is 0.186 e. The molecule has 4 heterocycles. The van der Waals surface area contributed by atoms with Crippen LogP contribution in [-0.2, 0) is 21.7 Å². The van der Waals surface area contributed by atoms with Gasteiger partial charge in [0.2, 0.25) is 0 Å². The van der Waals surface area contributed by atoms with Crippen LogP contribution in [0, 0.1) is 0 Å². The van der Waals surface area contributed by atoms with Crippen LogP contribution in [0.4, 0.5) is 0 Å². The summed E-state index contributed by atoms with van der Waals surface area (Å²) in [6, 6.07) is 27.1. The Balaban J connectivity index is 1.60. The Labute approximate surface area is 306 Å². The predicted molar refractivity (Wildman–Crippen MR) is 224 cm³/mol. The fraction of sp³-hybridized carbons (Fsp3) is 0.348. The molecule has 0 bridgehead atoms. The normalized spacial score (nSPS) is 13.8. The van der Waals surface area contributed by atoms with Crippen LogP contribution >= 0.6 is 14.7 Å². The van der Waals surface area contributed by atoms with E-state index < -0.39 is 14.7 Å². The molecular formula is C46H48O4P2. The molecule has 0 saturated heterocycles. The summed E-state index contributed by atoms with van der Waals surface area (Å²) in [5.41, 5.74) is 11.6. The molecule has 266 valence electrons. The molecule has 0 fully saturated rings. The maximum atomic E-state index is 7.10. The van der Waals surface area contributed by atoms with E-state index in [1.165, 1.54) is 42.7 Å². The van der Waals surface area contributed by atoms with E-state index in [1.54, 1.807) is 0 Å². The number of hydrogen-bond donors (Lipinski definition) is 0. The summed E-state index contributed by atoms with van der Waals surface area (Å²) in [6.45, 7) is 27.3. The van der Waals surface area contributed by atoms with E-state index in [4.69, 9.17) is 17.7 Å². The second-order valence-corrected chi connectivity index (χ2v) is 23.0. The first-order valence-corrected chi connectivity index (χ1v) is 21.1. The fourth-order valence-electron chi connectivity index (χ4n) is 7.58. The van der Waals surface area contributed by atoms with Crippen LogP contribution < -0.4 is 0 Å². The second-order valence-electron chi connectivity index (χ2n) is 18.8. The van der Waals surface area contributed by atoms with Gasteiger partial charge in [0.1, 0.15) is 22.3 Å². The molecule has 0 N–H and O–H groups in total. The largest absolute Gasteiger partial charge is 0.451 e. The van der Waals surface area contributed by atoms with Crippen molar-refractivity contribution in [2.24, 2.45) is 0 Å². The molecule has 0 saturated carbocycles. The lowest BCUT2D eigenvalue weighted by atomic mass is 9.87. The van der Waals surface area contributed by atoms with Crippen LogP contribution in [0.5, 0.6) is 0 Å². The molecule has 5 aromatic carbocycles. The molecule has 52 heavy (non-hydrogen) atoms. The Morgan fingerprint density at radius 1 is 0.327 bits per heavy atom. The Morgan fingerprint density at radius 2 is 0.538 bits per heavy atom. The van der Waals surface area contributed by atoms with Gasteiger partial charge in [-0.25, -0.2) is 0 Å². The molecule has 0 radical (unpaired) electrons. The summed E-state index contributed by atoms with van der Waals surface area (Å²) in [6.07, 6.45) is 0. The van der Waals surface area contributed by atoms with Gasteiger partial charge in [0.15, 0.2) is 22.3 Å². The van der Waals surface area contributed by atoms with E-state index in [1.807, 2.05) is 0 Å². The van der Waals surface area contributed by atoms with Gasteiger partial charge < -0.3 is 17.7 Å². The van der Waals surface area contributed by atoms with Gasteiger partial charge in [-0.05, 0) is 92.4 Å². The average Bonchev–Trinajstić information content (AvgIpc) is 3.06. The van der Waals surface area contributed by atoms with Crippen molar-refractivity contribution in [3.8, 4) is 0 Å². The minimum atomic E-state index is -1.08. The van der Waals surface area contributed by atoms with Crippen molar-refractivity contribution in [2.75, 3.05) is 0 Å². The minimum Gasteiger partial charge on any atom is -0.451 e. The summed E-state index contributed by atoms with van der Waals surface area (Å²) in [5, 5.41) is 6.91. The number of rotatable bonds is 0. The average molecular weight is 727 g/mol. The molecule has 0 spiro atoms. The Kier molecular flexibility index (Phi) is 6.97. The molecule has 0 aliphatic rings. The van der Waals surface area contributed by atoms with Gasteiger partial charge in [-0.15, -0.1) is 0 Å². The number of hydrogen-bond acceptors (Lipinski definition) is 4. The van der Waals surface area contributed by atoms with Crippen LogP contribution in [-0.4, -0.2) is 0 Å². The molecule has 9 aromatic rings. The third-order valence-corrected chi connectivity index (χ3v) is 15.9. The summed E-state index contributed by atoms with van der Waals surface area (Å²) in [5.74, 6) is 0. The Bertz CT molecular complexity index is 2590.